The van der Waals surface area contributed by atoms with E-state index < -0.39 is 0 Å². The van der Waals surface area contributed by atoms with Gasteiger partial charge in [-0.3, -0.25) is 4.79 Å². The van der Waals surface area contributed by atoms with E-state index in [0.717, 1.165) is 29.1 Å². The summed E-state index contributed by atoms with van der Waals surface area (Å²) in [6.07, 6.45) is 3.99. The van der Waals surface area contributed by atoms with Crippen LogP contribution in [0.5, 0.6) is 0 Å². The molecule has 0 saturated carbocycles. The number of amides is 1. The Balaban J connectivity index is 1.62. The Morgan fingerprint density at radius 2 is 1.96 bits per heavy atom. The highest BCUT2D eigenvalue weighted by Crippen LogP contribution is 2.23. The third-order valence-corrected chi connectivity index (χ3v) is 3.83. The van der Waals surface area contributed by atoms with Crippen molar-refractivity contribution in [1.82, 2.24) is 5.32 Å². The van der Waals surface area contributed by atoms with Crippen LogP contribution in [0.25, 0.3) is 11.3 Å². The lowest BCUT2D eigenvalue weighted by atomic mass is 9.96. The predicted molar refractivity (Wildman–Crippen MR) is 87.7 cm³/mol. The van der Waals surface area contributed by atoms with Gasteiger partial charge in [0.15, 0.2) is 0 Å². The molecule has 4 heteroatoms. The summed E-state index contributed by atoms with van der Waals surface area (Å²) in [5.74, 6) is 1.33. The van der Waals surface area contributed by atoms with E-state index in [1.807, 2.05) is 55.5 Å². The van der Waals surface area contributed by atoms with E-state index in [4.69, 9.17) is 8.83 Å². The fourth-order valence-corrected chi connectivity index (χ4v) is 2.59. The summed E-state index contributed by atoms with van der Waals surface area (Å²) in [5, 5.41) is 2.95. The SMILES string of the molecule is CCC(C(=O)NCc1ccc(-c2ccoc2)o1)c1ccccc1. The van der Waals surface area contributed by atoms with E-state index in [0.29, 0.717) is 6.54 Å². The Morgan fingerprint density at radius 3 is 2.65 bits per heavy atom. The van der Waals surface area contributed by atoms with E-state index in [9.17, 15) is 4.79 Å². The molecule has 0 radical (unpaired) electrons. The molecule has 3 rings (SSSR count). The van der Waals surface area contributed by atoms with Gasteiger partial charge >= 0.3 is 0 Å². The van der Waals surface area contributed by atoms with E-state index in [1.165, 1.54) is 0 Å². The van der Waals surface area contributed by atoms with E-state index in [1.54, 1.807) is 12.5 Å². The van der Waals surface area contributed by atoms with Crippen LogP contribution in [0.3, 0.4) is 0 Å². The highest BCUT2D eigenvalue weighted by molar-refractivity contribution is 5.83. The molecule has 0 saturated heterocycles. The number of nitrogens with one attached hydrogen (secondary N) is 1. The number of rotatable bonds is 6. The van der Waals surface area contributed by atoms with Crippen molar-refractivity contribution in [3.8, 4) is 11.3 Å². The molecule has 0 aliphatic heterocycles. The molecule has 23 heavy (non-hydrogen) atoms. The zero-order chi connectivity index (χ0) is 16.1. The van der Waals surface area contributed by atoms with Gasteiger partial charge in [-0.1, -0.05) is 37.3 Å². The van der Waals surface area contributed by atoms with Crippen LogP contribution in [-0.2, 0) is 11.3 Å². The van der Waals surface area contributed by atoms with Crippen molar-refractivity contribution in [1.29, 1.82) is 0 Å². The number of furan rings is 2. The summed E-state index contributed by atoms with van der Waals surface area (Å²) >= 11 is 0. The Kier molecular flexibility index (Phi) is 4.62. The van der Waals surface area contributed by atoms with Crippen molar-refractivity contribution in [3.63, 3.8) is 0 Å². The molecule has 0 fully saturated rings. The lowest BCUT2D eigenvalue weighted by molar-refractivity contribution is -0.122. The second kappa shape index (κ2) is 7.01. The number of carbonyl (C=O) groups excluding carboxylic acids is 1. The van der Waals surface area contributed by atoms with Crippen molar-refractivity contribution < 1.29 is 13.6 Å². The molecule has 118 valence electrons. The van der Waals surface area contributed by atoms with Gasteiger partial charge in [-0.2, -0.15) is 0 Å². The molecule has 1 N–H and O–H groups in total. The third-order valence-electron chi connectivity index (χ3n) is 3.83. The molecule has 1 aromatic carbocycles. The quantitative estimate of drug-likeness (QED) is 0.736. The fourth-order valence-electron chi connectivity index (χ4n) is 2.59. The number of benzene rings is 1. The van der Waals surface area contributed by atoms with Crippen LogP contribution < -0.4 is 5.32 Å². The molecule has 2 aromatic heterocycles. The molecule has 0 aliphatic rings. The van der Waals surface area contributed by atoms with E-state index in [2.05, 4.69) is 5.32 Å². The molecule has 1 atom stereocenters. The maximum atomic E-state index is 12.4. The van der Waals surface area contributed by atoms with Gasteiger partial charge in [0.2, 0.25) is 5.91 Å². The predicted octanol–water partition coefficient (Wildman–Crippen LogP) is 4.35. The summed E-state index contributed by atoms with van der Waals surface area (Å²) in [6.45, 7) is 2.39. The summed E-state index contributed by atoms with van der Waals surface area (Å²) in [6, 6.07) is 15.4. The largest absolute Gasteiger partial charge is 0.472 e. The molecule has 4 nitrogen and oxygen atoms in total. The second-order valence-electron chi connectivity index (χ2n) is 5.37. The molecule has 0 bridgehead atoms. The van der Waals surface area contributed by atoms with Gasteiger partial charge in [-0.05, 0) is 30.2 Å². The topological polar surface area (TPSA) is 55.4 Å². The average Bonchev–Trinajstić information content (AvgIpc) is 3.26. The first-order chi connectivity index (χ1) is 11.3. The fraction of sp³-hybridized carbons (Fsp3) is 0.211. The third kappa shape index (κ3) is 3.54. The van der Waals surface area contributed by atoms with Gasteiger partial charge in [0.25, 0.3) is 0 Å². The molecular formula is C19H19NO3. The zero-order valence-corrected chi connectivity index (χ0v) is 13.0. The molecule has 0 spiro atoms. The van der Waals surface area contributed by atoms with Gasteiger partial charge in [0.1, 0.15) is 17.8 Å². The second-order valence-corrected chi connectivity index (χ2v) is 5.37. The van der Waals surface area contributed by atoms with Gasteiger partial charge < -0.3 is 14.2 Å². The molecule has 0 aliphatic carbocycles. The first-order valence-electron chi connectivity index (χ1n) is 7.72. The Bertz CT molecular complexity index is 744. The monoisotopic (exact) mass is 309 g/mol. The number of hydrogen-bond donors (Lipinski definition) is 1. The van der Waals surface area contributed by atoms with E-state index >= 15 is 0 Å². The number of hydrogen-bond acceptors (Lipinski definition) is 3. The summed E-state index contributed by atoms with van der Waals surface area (Å²) in [4.78, 5) is 12.4. The number of carbonyl (C=O) groups is 1. The van der Waals surface area contributed by atoms with Crippen molar-refractivity contribution in [2.24, 2.45) is 0 Å². The van der Waals surface area contributed by atoms with Crippen LogP contribution in [0.2, 0.25) is 0 Å². The normalized spacial score (nSPS) is 12.0. The van der Waals surface area contributed by atoms with Crippen LogP contribution in [-0.4, -0.2) is 5.91 Å². The van der Waals surface area contributed by atoms with Crippen molar-refractivity contribution in [2.75, 3.05) is 0 Å². The summed E-state index contributed by atoms with van der Waals surface area (Å²) in [5.41, 5.74) is 1.92. The highest BCUT2D eigenvalue weighted by Gasteiger charge is 2.18. The van der Waals surface area contributed by atoms with E-state index in [-0.39, 0.29) is 11.8 Å². The van der Waals surface area contributed by atoms with Crippen LogP contribution in [0.15, 0.2) is 69.9 Å². The summed E-state index contributed by atoms with van der Waals surface area (Å²) < 4.78 is 10.8. The Labute approximate surface area is 135 Å². The minimum absolute atomic E-state index is 0.0139. The lowest BCUT2D eigenvalue weighted by Crippen LogP contribution is -2.28. The van der Waals surface area contributed by atoms with Crippen molar-refractivity contribution >= 4 is 5.91 Å². The van der Waals surface area contributed by atoms with Gasteiger partial charge in [-0.25, -0.2) is 0 Å². The van der Waals surface area contributed by atoms with Crippen molar-refractivity contribution in [2.45, 2.75) is 25.8 Å². The molecule has 1 amide bonds. The van der Waals surface area contributed by atoms with Crippen LogP contribution in [0.4, 0.5) is 0 Å². The standard InChI is InChI=1S/C19H19NO3/c1-2-17(14-6-4-3-5-7-14)19(21)20-12-16-8-9-18(23-16)15-10-11-22-13-15/h3-11,13,17H,2,12H2,1H3,(H,20,21). The average molecular weight is 309 g/mol. The maximum Gasteiger partial charge on any atom is 0.227 e. The minimum atomic E-state index is -0.139. The van der Waals surface area contributed by atoms with Crippen LogP contribution in [0.1, 0.15) is 30.6 Å². The molecular weight excluding hydrogens is 290 g/mol. The minimum Gasteiger partial charge on any atom is -0.472 e. The van der Waals surface area contributed by atoms with Crippen LogP contribution >= 0.6 is 0 Å². The summed E-state index contributed by atoms with van der Waals surface area (Å²) in [7, 11) is 0. The van der Waals surface area contributed by atoms with Gasteiger partial charge in [-0.15, -0.1) is 0 Å². The smallest absolute Gasteiger partial charge is 0.227 e. The molecule has 1 unspecified atom stereocenters. The Morgan fingerprint density at radius 1 is 1.13 bits per heavy atom. The zero-order valence-electron chi connectivity index (χ0n) is 13.0. The lowest BCUT2D eigenvalue weighted by Gasteiger charge is -2.14. The first-order valence-corrected chi connectivity index (χ1v) is 7.72. The first kappa shape index (κ1) is 15.2. The molecule has 2 heterocycles. The van der Waals surface area contributed by atoms with Gasteiger partial charge in [0, 0.05) is 0 Å². The van der Waals surface area contributed by atoms with Gasteiger partial charge in [0.05, 0.1) is 24.3 Å². The van der Waals surface area contributed by atoms with Crippen LogP contribution in [0, 0.1) is 0 Å². The van der Waals surface area contributed by atoms with Crippen molar-refractivity contribution in [3.05, 3.63) is 72.4 Å². The maximum absolute atomic E-state index is 12.4. The highest BCUT2D eigenvalue weighted by atomic mass is 16.3. The molecule has 3 aromatic rings. The Hall–Kier alpha value is -2.75.